The van der Waals surface area contributed by atoms with Crippen LogP contribution in [0.15, 0.2) is 133 Å². The minimum Gasteiger partial charge on any atom is -0.467 e. The number of thiocarbonyl (C=S) groups is 2. The molecular weight excluding hydrogens is 1040 g/mol. The Labute approximate surface area is 443 Å². The molecule has 0 saturated heterocycles. The van der Waals surface area contributed by atoms with Crippen molar-refractivity contribution in [1.82, 2.24) is 10.6 Å². The number of nitrogen functional groups attached to an aromatic ring is 1. The summed E-state index contributed by atoms with van der Waals surface area (Å²) >= 11 is 39.1. The van der Waals surface area contributed by atoms with Gasteiger partial charge in [-0.25, -0.2) is 18.4 Å². The second-order valence-corrected chi connectivity index (χ2v) is 16.6. The van der Waals surface area contributed by atoms with Crippen molar-refractivity contribution in [3.8, 4) is 0 Å². The zero-order valence-corrected chi connectivity index (χ0v) is 40.7. The van der Waals surface area contributed by atoms with Gasteiger partial charge in [-0.1, -0.05) is 154 Å². The van der Waals surface area contributed by atoms with E-state index in [-0.39, 0.29) is 81.0 Å². The highest BCUT2D eigenvalue weighted by Crippen LogP contribution is 2.27. The van der Waals surface area contributed by atoms with E-state index in [0.717, 1.165) is 11.1 Å². The molecule has 0 bridgehead atoms. The molecule has 0 heterocycles. The molecule has 6 aromatic rings. The summed E-state index contributed by atoms with van der Waals surface area (Å²) < 4.78 is 37.5. The highest BCUT2D eigenvalue weighted by atomic mass is 35.5. The van der Waals surface area contributed by atoms with Crippen LogP contribution in [0.5, 0.6) is 0 Å². The molecule has 2 unspecified atom stereocenters. The molecule has 372 valence electrons. The highest BCUT2D eigenvalue weighted by Gasteiger charge is 2.24. The molecule has 2 atom stereocenters. The van der Waals surface area contributed by atoms with Crippen molar-refractivity contribution in [3.63, 3.8) is 0 Å². The zero-order valence-electron chi connectivity index (χ0n) is 35.3. The number of carbonyl (C=O) groups excluding carboxylic acids is 4. The fourth-order valence-electron chi connectivity index (χ4n) is 5.88. The van der Waals surface area contributed by atoms with Crippen LogP contribution in [-0.2, 0) is 31.9 Å². The molecule has 0 aliphatic heterocycles. The summed E-state index contributed by atoms with van der Waals surface area (Å²) in [4.78, 5) is 47.7. The van der Waals surface area contributed by atoms with Gasteiger partial charge >= 0.3 is 11.9 Å². The number of hydrogen-bond acceptors (Lipinski definition) is 9. The van der Waals surface area contributed by atoms with Gasteiger partial charge in [0.1, 0.15) is 33.7 Å². The summed E-state index contributed by atoms with van der Waals surface area (Å²) in [5, 5.41) is 8.88. The van der Waals surface area contributed by atoms with E-state index in [0.29, 0.717) is 17.8 Å². The van der Waals surface area contributed by atoms with Crippen molar-refractivity contribution < 1.29 is 37.4 Å². The molecule has 0 saturated carbocycles. The Kier molecular flexibility index (Phi) is 27.4. The molecule has 6 aromatic carbocycles. The van der Waals surface area contributed by atoms with Gasteiger partial charge < -0.3 is 31.2 Å². The molecule has 5 N–H and O–H groups in total. The number of nitrogens with two attached hydrogens (primary N) is 1. The minimum atomic E-state index is -0.829. The van der Waals surface area contributed by atoms with E-state index >= 15 is 0 Å². The molecular formula is C51H51Cl5F2N4O6S2. The van der Waals surface area contributed by atoms with Gasteiger partial charge in [0.25, 0.3) is 11.1 Å². The number of benzene rings is 6. The summed E-state index contributed by atoms with van der Waals surface area (Å²) in [5.41, 5.74) is 9.24. The Bertz CT molecular complexity index is 2700. The van der Waals surface area contributed by atoms with Crippen molar-refractivity contribution >= 4 is 127 Å². The van der Waals surface area contributed by atoms with Gasteiger partial charge in [0.05, 0.1) is 45.4 Å². The molecule has 1 amide bonds. The first-order chi connectivity index (χ1) is 31.9. The van der Waals surface area contributed by atoms with Crippen LogP contribution in [0.2, 0.25) is 20.1 Å². The van der Waals surface area contributed by atoms with Crippen molar-refractivity contribution in [3.05, 3.63) is 199 Å². The van der Waals surface area contributed by atoms with Crippen LogP contribution in [-0.4, -0.2) is 59.4 Å². The maximum atomic E-state index is 14.0. The summed E-state index contributed by atoms with van der Waals surface area (Å²) in [7, 11) is 2.56. The minimum absolute atomic E-state index is 0. The number of ether oxygens (including phenoxy) is 2. The number of halogens is 7. The first-order valence-electron chi connectivity index (χ1n) is 19.5. The van der Waals surface area contributed by atoms with E-state index in [9.17, 15) is 28.0 Å². The smallest absolute Gasteiger partial charge is 0.328 e. The number of rotatable bonds is 13. The highest BCUT2D eigenvalue weighted by molar-refractivity contribution is 7.81. The van der Waals surface area contributed by atoms with Gasteiger partial charge in [0, 0.05) is 35.3 Å². The summed E-state index contributed by atoms with van der Waals surface area (Å²) in [6.45, 7) is 0. The predicted molar refractivity (Wildman–Crippen MR) is 290 cm³/mol. The second-order valence-electron chi connectivity index (χ2n) is 13.8. The Balaban J connectivity index is 0.000000575. The summed E-state index contributed by atoms with van der Waals surface area (Å²) in [6.07, 6.45) is 0.577. The molecule has 0 spiro atoms. The standard InChI is InChI=1S/C24H19Cl2FN2O3S.C17H17FN2O2S.C7H3Cl3O.3CH4/c1-32-24(31)20(29-23(33)16-5-2-3-8-19(16)27)13-14-9-11-15(12-10-14)28-22(30)21-17(25)6-4-7-18(21)26;1-22-17(21)15(10-11-6-8-12(19)9-7-11)20-16(23)13-4-2-3-5-14(13)18;8-4-2-1-3-5(9)6(4)7(10)11;;;/h2-12,20H,13H2,1H3,(H,28,30)(H,29,33);2-9,15H,10,19H2,1H3,(H,20,23);1-3H;3*1H4. The average Bonchev–Trinajstić information content (AvgIpc) is 3.29. The van der Waals surface area contributed by atoms with Crippen LogP contribution in [0, 0.1) is 11.6 Å². The molecule has 0 aromatic heterocycles. The Hall–Kier alpha value is -5.71. The van der Waals surface area contributed by atoms with Crippen molar-refractivity contribution in [1.29, 1.82) is 0 Å². The van der Waals surface area contributed by atoms with Crippen LogP contribution < -0.4 is 21.7 Å². The Morgan fingerprint density at radius 1 is 0.557 bits per heavy atom. The summed E-state index contributed by atoms with van der Waals surface area (Å²) in [6, 6.07) is 34.2. The number of methoxy groups -OCH3 is 2. The second kappa shape index (κ2) is 30.8. The zero-order chi connectivity index (χ0) is 49.2. The van der Waals surface area contributed by atoms with E-state index in [4.69, 9.17) is 97.6 Å². The van der Waals surface area contributed by atoms with Gasteiger partial charge in [-0.05, 0) is 95.5 Å². The van der Waals surface area contributed by atoms with Crippen LogP contribution in [0.4, 0.5) is 20.2 Å². The lowest BCUT2D eigenvalue weighted by molar-refractivity contribution is -0.143. The lowest BCUT2D eigenvalue weighted by Crippen LogP contribution is -2.42. The number of esters is 2. The average molecular weight is 1100 g/mol. The largest absolute Gasteiger partial charge is 0.467 e. The first-order valence-corrected chi connectivity index (χ1v) is 22.2. The van der Waals surface area contributed by atoms with Crippen molar-refractivity contribution in [2.45, 2.75) is 47.2 Å². The molecule has 10 nitrogen and oxygen atoms in total. The van der Waals surface area contributed by atoms with Gasteiger partial charge in [-0.15, -0.1) is 0 Å². The number of amides is 1. The fourth-order valence-corrected chi connectivity index (χ4v) is 7.93. The molecule has 0 aliphatic carbocycles. The van der Waals surface area contributed by atoms with E-state index in [1.54, 1.807) is 103 Å². The lowest BCUT2D eigenvalue weighted by Gasteiger charge is -2.19. The van der Waals surface area contributed by atoms with E-state index in [1.165, 1.54) is 32.4 Å². The molecule has 70 heavy (non-hydrogen) atoms. The van der Waals surface area contributed by atoms with Gasteiger partial charge in [0.15, 0.2) is 0 Å². The number of carbonyl (C=O) groups is 4. The lowest BCUT2D eigenvalue weighted by atomic mass is 10.0. The Morgan fingerprint density at radius 2 is 0.914 bits per heavy atom. The topological polar surface area (TPSA) is 149 Å². The van der Waals surface area contributed by atoms with E-state index in [2.05, 4.69) is 16.0 Å². The number of hydrogen-bond donors (Lipinski definition) is 4. The molecule has 0 fully saturated rings. The van der Waals surface area contributed by atoms with E-state index in [1.807, 2.05) is 12.1 Å². The van der Waals surface area contributed by atoms with Gasteiger partial charge in [0.2, 0.25) is 0 Å². The van der Waals surface area contributed by atoms with Crippen LogP contribution in [0.1, 0.15) is 65.2 Å². The number of anilines is 2. The maximum Gasteiger partial charge on any atom is 0.328 e. The third kappa shape index (κ3) is 18.6. The third-order valence-electron chi connectivity index (χ3n) is 9.24. The maximum absolute atomic E-state index is 14.0. The third-order valence-corrected chi connectivity index (χ3v) is 11.4. The van der Waals surface area contributed by atoms with Crippen LogP contribution in [0.25, 0.3) is 0 Å². The fraction of sp³-hybridized carbons (Fsp3) is 0.176. The molecule has 19 heteroatoms. The normalized spacial score (nSPS) is 10.7. The first kappa shape index (κ1) is 62.3. The summed E-state index contributed by atoms with van der Waals surface area (Å²) in [5.74, 6) is -2.39. The predicted octanol–water partition coefficient (Wildman–Crippen LogP) is 13.2. The van der Waals surface area contributed by atoms with Gasteiger partial charge in [-0.2, -0.15) is 0 Å². The van der Waals surface area contributed by atoms with Crippen molar-refractivity contribution in [2.75, 3.05) is 25.3 Å². The number of nitrogens with one attached hydrogen (secondary N) is 3. The molecule has 6 rings (SSSR count). The molecule has 0 radical (unpaired) electrons. The monoisotopic (exact) mass is 1090 g/mol. The van der Waals surface area contributed by atoms with Crippen LogP contribution >= 0.6 is 82.4 Å². The van der Waals surface area contributed by atoms with E-state index < -0.39 is 46.8 Å². The van der Waals surface area contributed by atoms with Gasteiger partial charge in [-0.3, -0.25) is 9.59 Å². The quantitative estimate of drug-likeness (QED) is 0.0379. The Morgan fingerprint density at radius 3 is 1.26 bits per heavy atom. The SMILES string of the molecule is C.C.C.COC(=O)C(Cc1ccc(N)cc1)NC(=S)c1ccccc1F.COC(=O)C(Cc1ccc(NC(=O)c2c(Cl)cccc2Cl)cc1)NC(=S)c1ccccc1F.O=C(Cl)c1c(Cl)cccc1Cl. The van der Waals surface area contributed by atoms with Crippen molar-refractivity contribution in [2.24, 2.45) is 0 Å². The molecule has 0 aliphatic rings. The van der Waals surface area contributed by atoms with Crippen LogP contribution in [0.3, 0.4) is 0 Å².